The smallest absolute Gasteiger partial charge is 0.236 e. The van der Waals surface area contributed by atoms with Crippen molar-refractivity contribution >= 4 is 23.2 Å². The first-order valence-electron chi connectivity index (χ1n) is 8.33. The number of fused-ring (bicyclic) bond motifs is 1. The van der Waals surface area contributed by atoms with E-state index in [0.717, 1.165) is 28.9 Å². The first kappa shape index (κ1) is 16.2. The predicted octanol–water partition coefficient (Wildman–Crippen LogP) is 3.73. The van der Waals surface area contributed by atoms with Gasteiger partial charge in [0.2, 0.25) is 11.8 Å². The molecule has 2 amide bonds. The lowest BCUT2D eigenvalue weighted by molar-refractivity contribution is -0.125. The van der Waals surface area contributed by atoms with Crippen molar-refractivity contribution in [3.8, 4) is 0 Å². The topological polar surface area (TPSA) is 49.4 Å². The Morgan fingerprint density at radius 1 is 1.08 bits per heavy atom. The molecule has 1 N–H and O–H groups in total. The molecule has 24 heavy (non-hydrogen) atoms. The minimum atomic E-state index is -0.266. The molecule has 0 saturated carbocycles. The number of hydrogen-bond donors (Lipinski definition) is 1. The van der Waals surface area contributed by atoms with Gasteiger partial charge < -0.3 is 10.2 Å². The lowest BCUT2D eigenvalue weighted by Crippen LogP contribution is -2.32. The van der Waals surface area contributed by atoms with Gasteiger partial charge in [-0.05, 0) is 35.6 Å². The van der Waals surface area contributed by atoms with Gasteiger partial charge in [0.05, 0.1) is 0 Å². The summed E-state index contributed by atoms with van der Waals surface area (Å²) in [5.41, 5.74) is 3.95. The van der Waals surface area contributed by atoms with E-state index in [4.69, 9.17) is 0 Å². The second-order valence-corrected chi connectivity index (χ2v) is 6.39. The van der Waals surface area contributed by atoms with Crippen LogP contribution in [-0.4, -0.2) is 18.4 Å². The first-order chi connectivity index (χ1) is 11.6. The Balaban J connectivity index is 1.67. The minimum absolute atomic E-state index is 0.138. The van der Waals surface area contributed by atoms with E-state index in [0.29, 0.717) is 12.5 Å². The Bertz CT molecular complexity index is 768. The Kier molecular flexibility index (Phi) is 4.65. The fraction of sp³-hybridized carbons (Fsp3) is 0.300. The minimum Gasteiger partial charge on any atom is -0.325 e. The van der Waals surface area contributed by atoms with Crippen LogP contribution < -0.4 is 10.2 Å². The molecule has 4 heteroatoms. The number of hydrogen-bond acceptors (Lipinski definition) is 2. The van der Waals surface area contributed by atoms with Gasteiger partial charge in [-0.2, -0.15) is 0 Å². The van der Waals surface area contributed by atoms with Crippen molar-refractivity contribution < 1.29 is 9.59 Å². The van der Waals surface area contributed by atoms with Gasteiger partial charge in [0.15, 0.2) is 0 Å². The summed E-state index contributed by atoms with van der Waals surface area (Å²) in [5.74, 6) is -0.111. The summed E-state index contributed by atoms with van der Waals surface area (Å²) < 4.78 is 0. The van der Waals surface area contributed by atoms with Crippen molar-refractivity contribution in [3.05, 3.63) is 59.7 Å². The molecular weight excluding hydrogens is 300 g/mol. The molecule has 1 aliphatic heterocycles. The molecule has 0 unspecified atom stereocenters. The lowest BCUT2D eigenvalue weighted by Gasteiger charge is -2.18. The third-order valence-corrected chi connectivity index (χ3v) is 4.36. The number of rotatable bonds is 4. The molecule has 0 fully saturated rings. The molecule has 0 bridgehead atoms. The van der Waals surface area contributed by atoms with Crippen LogP contribution in [0, 0.1) is 0 Å². The van der Waals surface area contributed by atoms with E-state index in [1.54, 1.807) is 4.90 Å². The maximum atomic E-state index is 12.5. The average Bonchev–Trinajstić information content (AvgIpc) is 2.99. The molecule has 0 radical (unpaired) electrons. The second-order valence-electron chi connectivity index (χ2n) is 6.39. The molecule has 2 aromatic rings. The van der Waals surface area contributed by atoms with Crippen molar-refractivity contribution in [1.29, 1.82) is 0 Å². The number of nitrogens with zero attached hydrogens (tertiary/aromatic N) is 1. The Morgan fingerprint density at radius 2 is 1.79 bits per heavy atom. The molecule has 0 saturated heterocycles. The number of nitrogens with one attached hydrogen (secondary N) is 1. The van der Waals surface area contributed by atoms with E-state index in [2.05, 4.69) is 19.2 Å². The third-order valence-electron chi connectivity index (χ3n) is 4.36. The van der Waals surface area contributed by atoms with E-state index in [9.17, 15) is 9.59 Å². The molecule has 1 heterocycles. The lowest BCUT2D eigenvalue weighted by atomic mass is 10.0. The van der Waals surface area contributed by atoms with E-state index in [1.807, 2.05) is 48.5 Å². The summed E-state index contributed by atoms with van der Waals surface area (Å²) >= 11 is 0. The molecule has 0 atom stereocenters. The maximum Gasteiger partial charge on any atom is 0.236 e. The number of carbonyl (C=O) groups is 2. The summed E-state index contributed by atoms with van der Waals surface area (Å²) in [5, 5.41) is 2.88. The van der Waals surface area contributed by atoms with Gasteiger partial charge in [0.1, 0.15) is 6.42 Å². The molecule has 0 aliphatic carbocycles. The Morgan fingerprint density at radius 3 is 2.58 bits per heavy atom. The van der Waals surface area contributed by atoms with E-state index in [-0.39, 0.29) is 18.2 Å². The molecule has 1 aliphatic rings. The molecule has 0 spiro atoms. The Labute approximate surface area is 142 Å². The first-order valence-corrected chi connectivity index (χ1v) is 8.33. The van der Waals surface area contributed by atoms with E-state index < -0.39 is 0 Å². The predicted molar refractivity (Wildman–Crippen MR) is 96.3 cm³/mol. The monoisotopic (exact) mass is 322 g/mol. The van der Waals surface area contributed by atoms with E-state index >= 15 is 0 Å². The van der Waals surface area contributed by atoms with Crippen molar-refractivity contribution in [2.24, 2.45) is 0 Å². The van der Waals surface area contributed by atoms with Crippen LogP contribution in [0.25, 0.3) is 0 Å². The van der Waals surface area contributed by atoms with Crippen LogP contribution in [-0.2, 0) is 16.0 Å². The highest BCUT2D eigenvalue weighted by atomic mass is 16.2. The van der Waals surface area contributed by atoms with Gasteiger partial charge >= 0.3 is 0 Å². The highest BCUT2D eigenvalue weighted by molar-refractivity contribution is 6.09. The fourth-order valence-corrected chi connectivity index (χ4v) is 3.14. The fourth-order valence-electron chi connectivity index (χ4n) is 3.14. The summed E-state index contributed by atoms with van der Waals surface area (Å²) in [7, 11) is 0. The number of amides is 2. The standard InChI is InChI=1S/C20H22N2O2/c1-14(2)16-8-4-5-9-17(16)21-19(23)13-20(24)22-12-11-15-7-3-6-10-18(15)22/h3-10,14H,11-13H2,1-2H3,(H,21,23). The highest BCUT2D eigenvalue weighted by Crippen LogP contribution is 2.28. The number of anilines is 2. The van der Waals surface area contributed by atoms with Crippen LogP contribution in [0.4, 0.5) is 11.4 Å². The quantitative estimate of drug-likeness (QED) is 0.872. The summed E-state index contributed by atoms with van der Waals surface area (Å²) in [6.07, 6.45) is 0.709. The van der Waals surface area contributed by atoms with Crippen molar-refractivity contribution in [2.45, 2.75) is 32.6 Å². The van der Waals surface area contributed by atoms with Gasteiger partial charge in [0.25, 0.3) is 0 Å². The van der Waals surface area contributed by atoms with Crippen molar-refractivity contribution in [1.82, 2.24) is 0 Å². The van der Waals surface area contributed by atoms with Crippen LogP contribution in [0.3, 0.4) is 0 Å². The molecule has 4 nitrogen and oxygen atoms in total. The zero-order valence-corrected chi connectivity index (χ0v) is 14.1. The van der Waals surface area contributed by atoms with E-state index in [1.165, 1.54) is 0 Å². The van der Waals surface area contributed by atoms with Crippen LogP contribution in [0.1, 0.15) is 37.3 Å². The molecule has 0 aromatic heterocycles. The zero-order valence-electron chi connectivity index (χ0n) is 14.1. The normalized spacial score (nSPS) is 13.0. The molecule has 3 rings (SSSR count). The molecular formula is C20H22N2O2. The second kappa shape index (κ2) is 6.87. The van der Waals surface area contributed by atoms with Crippen molar-refractivity contribution in [2.75, 3.05) is 16.8 Å². The van der Waals surface area contributed by atoms with Gasteiger partial charge in [-0.25, -0.2) is 0 Å². The molecule has 2 aromatic carbocycles. The SMILES string of the molecule is CC(C)c1ccccc1NC(=O)CC(=O)N1CCc2ccccc21. The largest absolute Gasteiger partial charge is 0.325 e. The van der Waals surface area contributed by atoms with Crippen LogP contribution in [0.5, 0.6) is 0 Å². The number of carbonyl (C=O) groups excluding carboxylic acids is 2. The maximum absolute atomic E-state index is 12.5. The number of para-hydroxylation sites is 2. The van der Waals surface area contributed by atoms with Crippen LogP contribution in [0.15, 0.2) is 48.5 Å². The number of benzene rings is 2. The summed E-state index contributed by atoms with van der Waals surface area (Å²) in [4.78, 5) is 26.5. The Hall–Kier alpha value is -2.62. The van der Waals surface area contributed by atoms with Crippen LogP contribution in [0.2, 0.25) is 0 Å². The van der Waals surface area contributed by atoms with Gasteiger partial charge in [-0.3, -0.25) is 9.59 Å². The summed E-state index contributed by atoms with van der Waals surface area (Å²) in [6, 6.07) is 15.6. The van der Waals surface area contributed by atoms with Crippen LogP contribution >= 0.6 is 0 Å². The molecule has 124 valence electrons. The van der Waals surface area contributed by atoms with Gasteiger partial charge in [0, 0.05) is 17.9 Å². The average molecular weight is 322 g/mol. The third kappa shape index (κ3) is 3.32. The van der Waals surface area contributed by atoms with Crippen molar-refractivity contribution in [3.63, 3.8) is 0 Å². The van der Waals surface area contributed by atoms with Gasteiger partial charge in [-0.1, -0.05) is 50.2 Å². The van der Waals surface area contributed by atoms with Gasteiger partial charge in [-0.15, -0.1) is 0 Å². The zero-order chi connectivity index (χ0) is 17.1. The highest BCUT2D eigenvalue weighted by Gasteiger charge is 2.25. The summed E-state index contributed by atoms with van der Waals surface area (Å²) in [6.45, 7) is 4.81.